The third-order valence-corrected chi connectivity index (χ3v) is 8.02. The molecule has 1 N–H and O–H groups in total. The summed E-state index contributed by atoms with van der Waals surface area (Å²) < 4.78 is 40.2. The van der Waals surface area contributed by atoms with Gasteiger partial charge in [-0.05, 0) is 56.3 Å². The van der Waals surface area contributed by atoms with E-state index >= 15 is 0 Å². The summed E-state index contributed by atoms with van der Waals surface area (Å²) in [5.41, 5.74) is 0.427. The normalized spacial score (nSPS) is 12.1. The number of carbonyl (C=O) groups is 1. The van der Waals surface area contributed by atoms with Crippen LogP contribution in [-0.4, -0.2) is 31.7 Å². The lowest BCUT2D eigenvalue weighted by Gasteiger charge is -2.21. The summed E-state index contributed by atoms with van der Waals surface area (Å²) in [4.78, 5) is 13.0. The van der Waals surface area contributed by atoms with Crippen LogP contribution in [0.1, 0.15) is 23.5 Å². The van der Waals surface area contributed by atoms with Gasteiger partial charge in [0, 0.05) is 28.9 Å². The Bertz CT molecular complexity index is 1140. The molecule has 1 aromatic heterocycles. The highest BCUT2D eigenvalue weighted by Gasteiger charge is 2.23. The van der Waals surface area contributed by atoms with Gasteiger partial charge in [-0.1, -0.05) is 11.6 Å². The molecule has 28 heavy (non-hydrogen) atoms. The van der Waals surface area contributed by atoms with Crippen molar-refractivity contribution in [3.63, 3.8) is 0 Å². The molecule has 0 atom stereocenters. The first-order chi connectivity index (χ1) is 13.1. The molecule has 148 valence electrons. The molecule has 9 heteroatoms. The van der Waals surface area contributed by atoms with E-state index in [0.29, 0.717) is 15.8 Å². The van der Waals surface area contributed by atoms with Gasteiger partial charge in [-0.3, -0.25) is 4.79 Å². The molecule has 0 bridgehead atoms. The molecule has 0 aliphatic carbocycles. The van der Waals surface area contributed by atoms with Gasteiger partial charge in [0.15, 0.2) is 0 Å². The van der Waals surface area contributed by atoms with Crippen molar-refractivity contribution in [2.75, 3.05) is 12.4 Å². The summed E-state index contributed by atoms with van der Waals surface area (Å²) in [6, 6.07) is 9.87. The molecule has 1 amide bonds. The van der Waals surface area contributed by atoms with Crippen LogP contribution in [0.15, 0.2) is 47.4 Å². The molecule has 0 saturated heterocycles. The van der Waals surface area contributed by atoms with Crippen LogP contribution in [-0.2, 0) is 10.0 Å². The van der Waals surface area contributed by atoms with Crippen molar-refractivity contribution in [2.24, 2.45) is 0 Å². The monoisotopic (exact) mass is 440 g/mol. The molecular formula is C19H18ClFN2O3S2. The zero-order valence-electron chi connectivity index (χ0n) is 15.4. The van der Waals surface area contributed by atoms with Crippen LogP contribution in [0.5, 0.6) is 0 Å². The Morgan fingerprint density at radius 3 is 2.43 bits per heavy atom. The van der Waals surface area contributed by atoms with E-state index in [1.165, 1.54) is 53.8 Å². The molecule has 3 rings (SSSR count). The molecule has 0 spiro atoms. The molecule has 0 unspecified atom stereocenters. The van der Waals surface area contributed by atoms with Gasteiger partial charge >= 0.3 is 0 Å². The van der Waals surface area contributed by atoms with E-state index < -0.39 is 21.7 Å². The van der Waals surface area contributed by atoms with Crippen molar-refractivity contribution in [1.82, 2.24) is 4.31 Å². The first-order valence-electron chi connectivity index (χ1n) is 8.38. The number of anilines is 1. The average molecular weight is 441 g/mol. The number of benzene rings is 2. The Labute approximate surface area is 171 Å². The van der Waals surface area contributed by atoms with Crippen LogP contribution < -0.4 is 5.32 Å². The van der Waals surface area contributed by atoms with Gasteiger partial charge < -0.3 is 5.32 Å². The van der Waals surface area contributed by atoms with Crippen LogP contribution in [0.25, 0.3) is 10.1 Å². The maximum absolute atomic E-state index is 13.4. The van der Waals surface area contributed by atoms with E-state index in [1.807, 2.05) is 0 Å². The molecule has 0 aliphatic rings. The third-order valence-electron chi connectivity index (χ3n) is 4.31. The minimum Gasteiger partial charge on any atom is -0.321 e. The van der Waals surface area contributed by atoms with E-state index in [4.69, 9.17) is 11.6 Å². The van der Waals surface area contributed by atoms with Gasteiger partial charge in [-0.15, -0.1) is 11.3 Å². The molecule has 2 aromatic carbocycles. The zero-order valence-corrected chi connectivity index (χ0v) is 17.8. The molecule has 0 saturated carbocycles. The molecule has 5 nitrogen and oxygen atoms in total. The van der Waals surface area contributed by atoms with Crippen molar-refractivity contribution in [3.05, 3.63) is 58.2 Å². The van der Waals surface area contributed by atoms with Crippen LogP contribution in [0.4, 0.5) is 10.1 Å². The minimum absolute atomic E-state index is 0.136. The number of thiophene rings is 1. The van der Waals surface area contributed by atoms with Gasteiger partial charge in [0.2, 0.25) is 10.0 Å². The van der Waals surface area contributed by atoms with Gasteiger partial charge in [-0.25, -0.2) is 12.8 Å². The Kier molecular flexibility index (Phi) is 5.77. The molecule has 0 radical (unpaired) electrons. The number of carbonyl (C=O) groups excluding carboxylic acids is 1. The maximum Gasteiger partial charge on any atom is 0.267 e. The van der Waals surface area contributed by atoms with E-state index in [9.17, 15) is 17.6 Å². The smallest absolute Gasteiger partial charge is 0.267 e. The Balaban J connectivity index is 1.83. The van der Waals surface area contributed by atoms with Crippen LogP contribution in [0.3, 0.4) is 0 Å². The summed E-state index contributed by atoms with van der Waals surface area (Å²) >= 11 is 7.36. The Morgan fingerprint density at radius 1 is 1.18 bits per heavy atom. The molecule has 0 fully saturated rings. The number of sulfonamides is 1. The number of amides is 1. The third kappa shape index (κ3) is 3.91. The van der Waals surface area contributed by atoms with Gasteiger partial charge in [0.1, 0.15) is 10.7 Å². The Morgan fingerprint density at radius 2 is 1.82 bits per heavy atom. The van der Waals surface area contributed by atoms with E-state index in [1.54, 1.807) is 13.8 Å². The Hall–Kier alpha value is -2.00. The molecular weight excluding hydrogens is 423 g/mol. The van der Waals surface area contributed by atoms with Crippen molar-refractivity contribution in [1.29, 1.82) is 0 Å². The second-order valence-corrected chi connectivity index (χ2v) is 9.91. The fourth-order valence-electron chi connectivity index (χ4n) is 2.53. The minimum atomic E-state index is -3.60. The summed E-state index contributed by atoms with van der Waals surface area (Å²) in [6.07, 6.45) is 0. The highest BCUT2D eigenvalue weighted by atomic mass is 35.5. The summed E-state index contributed by atoms with van der Waals surface area (Å²) in [5, 5.41) is 3.56. The van der Waals surface area contributed by atoms with E-state index in [-0.39, 0.29) is 20.8 Å². The van der Waals surface area contributed by atoms with Crippen molar-refractivity contribution in [3.8, 4) is 0 Å². The second kappa shape index (κ2) is 7.79. The number of nitrogens with one attached hydrogen (secondary N) is 1. The number of fused-ring (bicyclic) bond motifs is 1. The number of hydrogen-bond donors (Lipinski definition) is 1. The highest BCUT2D eigenvalue weighted by molar-refractivity contribution is 7.89. The van der Waals surface area contributed by atoms with Crippen LogP contribution in [0, 0.1) is 5.82 Å². The molecule has 3 aromatic rings. The summed E-state index contributed by atoms with van der Waals surface area (Å²) in [5.74, 6) is -0.845. The van der Waals surface area contributed by atoms with Gasteiger partial charge in [0.05, 0.1) is 9.92 Å². The van der Waals surface area contributed by atoms with Crippen LogP contribution in [0.2, 0.25) is 5.02 Å². The first-order valence-corrected chi connectivity index (χ1v) is 11.0. The summed E-state index contributed by atoms with van der Waals surface area (Å²) in [6.45, 7) is 3.57. The quantitative estimate of drug-likeness (QED) is 0.608. The largest absolute Gasteiger partial charge is 0.321 e. The zero-order chi connectivity index (χ0) is 20.6. The van der Waals surface area contributed by atoms with Crippen molar-refractivity contribution in [2.45, 2.75) is 24.8 Å². The standard InChI is InChI=1S/C19H18ClFN2O3S2/c1-11(2)23(3)28(25,26)14-7-5-13(6-8-14)22-19(24)18-17(20)15-9-4-12(21)10-16(15)27-18/h4-11H,1-3H3,(H,22,24). The SMILES string of the molecule is CC(C)N(C)S(=O)(=O)c1ccc(NC(=O)c2sc3cc(F)ccc3c2Cl)cc1. The molecule has 1 heterocycles. The second-order valence-electron chi connectivity index (χ2n) is 6.48. The summed E-state index contributed by atoms with van der Waals surface area (Å²) in [7, 11) is -2.08. The first kappa shape index (κ1) is 20.7. The topological polar surface area (TPSA) is 66.5 Å². The fraction of sp³-hybridized carbons (Fsp3) is 0.211. The number of nitrogens with zero attached hydrogens (tertiary/aromatic N) is 1. The predicted molar refractivity (Wildman–Crippen MR) is 111 cm³/mol. The van der Waals surface area contributed by atoms with Crippen LogP contribution >= 0.6 is 22.9 Å². The average Bonchev–Trinajstić information content (AvgIpc) is 2.97. The van der Waals surface area contributed by atoms with Gasteiger partial charge in [-0.2, -0.15) is 4.31 Å². The number of halogens is 2. The number of hydrogen-bond acceptors (Lipinski definition) is 4. The van der Waals surface area contributed by atoms with Gasteiger partial charge in [0.25, 0.3) is 5.91 Å². The maximum atomic E-state index is 13.4. The van der Waals surface area contributed by atoms with E-state index in [2.05, 4.69) is 5.32 Å². The highest BCUT2D eigenvalue weighted by Crippen LogP contribution is 2.36. The van der Waals surface area contributed by atoms with Crippen molar-refractivity contribution >= 4 is 54.6 Å². The lowest BCUT2D eigenvalue weighted by atomic mass is 10.2. The van der Waals surface area contributed by atoms with Crippen molar-refractivity contribution < 1.29 is 17.6 Å². The lowest BCUT2D eigenvalue weighted by molar-refractivity contribution is 0.103. The lowest BCUT2D eigenvalue weighted by Crippen LogP contribution is -2.33. The molecule has 0 aliphatic heterocycles. The fourth-order valence-corrected chi connectivity index (χ4v) is 5.33. The van der Waals surface area contributed by atoms with E-state index in [0.717, 1.165) is 11.3 Å². The number of rotatable bonds is 5. The predicted octanol–water partition coefficient (Wildman–Crippen LogP) is 4.98.